The maximum absolute atomic E-state index is 9.92. The summed E-state index contributed by atoms with van der Waals surface area (Å²) in [6.45, 7) is 2.89. The van der Waals surface area contributed by atoms with Crippen molar-refractivity contribution in [2.75, 3.05) is 0 Å². The molecule has 0 fully saturated rings. The lowest BCUT2D eigenvalue weighted by Gasteiger charge is -2.16. The molecule has 0 aromatic carbocycles. The Labute approximate surface area is 105 Å². The molecule has 1 N–H and O–H groups in total. The number of aliphatic hydroxyl groups is 1. The van der Waals surface area contributed by atoms with Crippen molar-refractivity contribution >= 4 is 11.3 Å². The van der Waals surface area contributed by atoms with Crippen LogP contribution < -0.4 is 0 Å². The van der Waals surface area contributed by atoms with Gasteiger partial charge in [-0.2, -0.15) is 0 Å². The maximum atomic E-state index is 9.92. The SMILES string of the molecule is Cc1ncc(Cn2cc3c(c2)C(O)CCC3)s1. The van der Waals surface area contributed by atoms with Gasteiger partial charge in [0.05, 0.1) is 17.7 Å². The summed E-state index contributed by atoms with van der Waals surface area (Å²) in [5.74, 6) is 0. The molecule has 1 atom stereocenters. The van der Waals surface area contributed by atoms with Crippen molar-refractivity contribution in [3.63, 3.8) is 0 Å². The van der Waals surface area contributed by atoms with E-state index in [0.717, 1.165) is 36.4 Å². The summed E-state index contributed by atoms with van der Waals surface area (Å²) in [6, 6.07) is 0. The van der Waals surface area contributed by atoms with Crippen LogP contribution in [0.25, 0.3) is 0 Å². The van der Waals surface area contributed by atoms with Crippen LogP contribution in [0.4, 0.5) is 0 Å². The zero-order valence-corrected chi connectivity index (χ0v) is 10.7. The Morgan fingerprint density at radius 3 is 3.12 bits per heavy atom. The summed E-state index contributed by atoms with van der Waals surface area (Å²) in [5, 5.41) is 11.0. The summed E-state index contributed by atoms with van der Waals surface area (Å²) >= 11 is 1.73. The zero-order chi connectivity index (χ0) is 11.8. The van der Waals surface area contributed by atoms with Crippen LogP contribution in [-0.2, 0) is 13.0 Å². The summed E-state index contributed by atoms with van der Waals surface area (Å²) < 4.78 is 2.17. The van der Waals surface area contributed by atoms with Gasteiger partial charge in [-0.25, -0.2) is 4.98 Å². The van der Waals surface area contributed by atoms with Gasteiger partial charge in [0.2, 0.25) is 0 Å². The molecule has 1 aliphatic rings. The minimum absolute atomic E-state index is 0.261. The van der Waals surface area contributed by atoms with E-state index in [0.29, 0.717) is 0 Å². The van der Waals surface area contributed by atoms with Crippen molar-refractivity contribution in [1.29, 1.82) is 0 Å². The molecule has 0 saturated heterocycles. The molecule has 1 unspecified atom stereocenters. The number of aromatic nitrogens is 2. The van der Waals surface area contributed by atoms with Gasteiger partial charge < -0.3 is 9.67 Å². The number of fused-ring (bicyclic) bond motifs is 1. The molecule has 17 heavy (non-hydrogen) atoms. The number of thiazole rings is 1. The van der Waals surface area contributed by atoms with Gasteiger partial charge in [-0.15, -0.1) is 11.3 Å². The maximum Gasteiger partial charge on any atom is 0.0897 e. The van der Waals surface area contributed by atoms with E-state index in [1.807, 2.05) is 13.1 Å². The first-order chi connectivity index (χ1) is 8.22. The number of rotatable bonds is 2. The first-order valence-electron chi connectivity index (χ1n) is 6.00. The molecule has 0 saturated carbocycles. The van der Waals surface area contributed by atoms with Crippen molar-refractivity contribution in [1.82, 2.24) is 9.55 Å². The van der Waals surface area contributed by atoms with Gasteiger partial charge in [0.25, 0.3) is 0 Å². The fourth-order valence-electron chi connectivity index (χ4n) is 2.47. The lowest BCUT2D eigenvalue weighted by atomic mass is 9.93. The Bertz CT molecular complexity index is 529. The van der Waals surface area contributed by atoms with Gasteiger partial charge in [-0.1, -0.05) is 0 Å². The van der Waals surface area contributed by atoms with Crippen LogP contribution in [0.15, 0.2) is 18.6 Å². The van der Waals surface area contributed by atoms with E-state index in [1.54, 1.807) is 11.3 Å². The Hall–Kier alpha value is -1.13. The summed E-state index contributed by atoms with van der Waals surface area (Å²) in [4.78, 5) is 5.53. The third-order valence-corrected chi connectivity index (χ3v) is 4.19. The highest BCUT2D eigenvalue weighted by molar-refractivity contribution is 7.11. The van der Waals surface area contributed by atoms with E-state index >= 15 is 0 Å². The lowest BCUT2D eigenvalue weighted by molar-refractivity contribution is 0.157. The minimum Gasteiger partial charge on any atom is -0.388 e. The quantitative estimate of drug-likeness (QED) is 0.887. The molecule has 1 aliphatic carbocycles. The third-order valence-electron chi connectivity index (χ3n) is 3.29. The standard InChI is InChI=1S/C13H16N2OS/c1-9-14-5-11(17-9)7-15-6-10-3-2-4-13(16)12(10)8-15/h5-6,8,13,16H,2-4,7H2,1H3. The first kappa shape index (κ1) is 11.0. The number of aliphatic hydroxyl groups excluding tert-OH is 1. The van der Waals surface area contributed by atoms with Crippen molar-refractivity contribution in [2.45, 2.75) is 38.8 Å². The predicted molar refractivity (Wildman–Crippen MR) is 68.3 cm³/mol. The van der Waals surface area contributed by atoms with E-state index in [1.165, 1.54) is 10.4 Å². The second-order valence-corrected chi connectivity index (χ2v) is 5.98. The van der Waals surface area contributed by atoms with Crippen LogP contribution in [0.5, 0.6) is 0 Å². The van der Waals surface area contributed by atoms with Crippen LogP contribution in [0.1, 0.15) is 40.0 Å². The second kappa shape index (κ2) is 4.27. The average molecular weight is 248 g/mol. The Morgan fingerprint density at radius 2 is 2.41 bits per heavy atom. The normalized spacial score (nSPS) is 19.3. The van der Waals surface area contributed by atoms with Crippen molar-refractivity contribution in [3.8, 4) is 0 Å². The van der Waals surface area contributed by atoms with Crippen molar-refractivity contribution in [2.24, 2.45) is 0 Å². The summed E-state index contributed by atoms with van der Waals surface area (Å²) in [7, 11) is 0. The lowest BCUT2D eigenvalue weighted by Crippen LogP contribution is -2.05. The summed E-state index contributed by atoms with van der Waals surface area (Å²) in [5.41, 5.74) is 2.43. The Morgan fingerprint density at radius 1 is 1.53 bits per heavy atom. The van der Waals surface area contributed by atoms with Crippen LogP contribution in [-0.4, -0.2) is 14.7 Å². The highest BCUT2D eigenvalue weighted by atomic mass is 32.1. The molecule has 0 amide bonds. The second-order valence-electron chi connectivity index (χ2n) is 4.66. The van der Waals surface area contributed by atoms with E-state index in [4.69, 9.17) is 0 Å². The van der Waals surface area contributed by atoms with Crippen molar-refractivity contribution in [3.05, 3.63) is 39.6 Å². The van der Waals surface area contributed by atoms with Gasteiger partial charge >= 0.3 is 0 Å². The minimum atomic E-state index is -0.261. The van der Waals surface area contributed by atoms with Crippen LogP contribution in [0.3, 0.4) is 0 Å². The fraction of sp³-hybridized carbons (Fsp3) is 0.462. The third kappa shape index (κ3) is 2.15. The highest BCUT2D eigenvalue weighted by Gasteiger charge is 2.19. The number of nitrogens with zero attached hydrogens (tertiary/aromatic N) is 2. The molecule has 90 valence electrons. The van der Waals surface area contributed by atoms with Gasteiger partial charge in [-0.05, 0) is 31.7 Å². The smallest absolute Gasteiger partial charge is 0.0897 e. The van der Waals surface area contributed by atoms with E-state index in [9.17, 15) is 5.11 Å². The van der Waals surface area contributed by atoms with Crippen LogP contribution in [0, 0.1) is 6.92 Å². The molecule has 0 aliphatic heterocycles. The number of hydrogen-bond acceptors (Lipinski definition) is 3. The molecule has 2 heterocycles. The monoisotopic (exact) mass is 248 g/mol. The van der Waals surface area contributed by atoms with Gasteiger partial charge in [0, 0.05) is 29.0 Å². The van der Waals surface area contributed by atoms with Crippen LogP contribution >= 0.6 is 11.3 Å². The molecular formula is C13H16N2OS. The molecule has 4 heteroatoms. The molecule has 0 spiro atoms. The Kier molecular flexibility index (Phi) is 2.76. The van der Waals surface area contributed by atoms with Crippen molar-refractivity contribution < 1.29 is 5.11 Å². The molecule has 3 rings (SSSR count). The molecule has 0 bridgehead atoms. The topological polar surface area (TPSA) is 38.0 Å². The molecule has 2 aromatic rings. The largest absolute Gasteiger partial charge is 0.388 e. The van der Waals surface area contributed by atoms with E-state index < -0.39 is 0 Å². The number of hydrogen-bond donors (Lipinski definition) is 1. The van der Waals surface area contributed by atoms with Gasteiger partial charge in [0.15, 0.2) is 0 Å². The van der Waals surface area contributed by atoms with Gasteiger partial charge in [0.1, 0.15) is 0 Å². The van der Waals surface area contributed by atoms with Crippen LogP contribution in [0.2, 0.25) is 0 Å². The van der Waals surface area contributed by atoms with Gasteiger partial charge in [-0.3, -0.25) is 0 Å². The molecule has 3 nitrogen and oxygen atoms in total. The summed E-state index contributed by atoms with van der Waals surface area (Å²) in [6.07, 6.45) is 9.04. The van der Waals surface area contributed by atoms with E-state index in [2.05, 4.69) is 21.9 Å². The predicted octanol–water partition coefficient (Wildman–Crippen LogP) is 2.67. The zero-order valence-electron chi connectivity index (χ0n) is 9.89. The number of aryl methyl sites for hydroxylation is 2. The highest BCUT2D eigenvalue weighted by Crippen LogP contribution is 2.30. The fourth-order valence-corrected chi connectivity index (χ4v) is 3.28. The molecular weight excluding hydrogens is 232 g/mol. The van der Waals surface area contributed by atoms with E-state index in [-0.39, 0.29) is 6.10 Å². The first-order valence-corrected chi connectivity index (χ1v) is 6.82. The molecule has 2 aromatic heterocycles. The Balaban J connectivity index is 1.85. The average Bonchev–Trinajstić information content (AvgIpc) is 2.86. The molecule has 0 radical (unpaired) electrons.